The molecule has 32 heavy (non-hydrogen) atoms. The molecule has 2 aliphatic heterocycles. The van der Waals surface area contributed by atoms with Gasteiger partial charge in [-0.05, 0) is 18.2 Å². The molecule has 2 aliphatic rings. The minimum atomic E-state index is -2.12. The number of para-hydroxylation sites is 1. The zero-order valence-corrected chi connectivity index (χ0v) is 17.5. The number of carbonyl (C=O) groups excluding carboxylic acids is 1. The number of benzene rings is 1. The molecule has 0 bridgehead atoms. The van der Waals surface area contributed by atoms with Crippen molar-refractivity contribution in [2.75, 3.05) is 33.7 Å². The van der Waals surface area contributed by atoms with Gasteiger partial charge in [-0.1, -0.05) is 18.2 Å². The maximum atomic E-state index is 13.3. The van der Waals surface area contributed by atoms with Gasteiger partial charge in [-0.15, -0.1) is 0 Å². The monoisotopic (exact) mass is 438 g/mol. The topological polar surface area (TPSA) is 109 Å². The van der Waals surface area contributed by atoms with Crippen molar-refractivity contribution in [1.29, 1.82) is 0 Å². The number of rotatable bonds is 7. The number of fused-ring (bicyclic) bond motifs is 5. The number of hydrogen-bond donors (Lipinski definition) is 1. The molecule has 0 spiro atoms. The van der Waals surface area contributed by atoms with E-state index in [4.69, 9.17) is 23.9 Å². The van der Waals surface area contributed by atoms with E-state index in [0.29, 0.717) is 31.1 Å². The van der Waals surface area contributed by atoms with E-state index in [9.17, 15) is 14.7 Å². The first kappa shape index (κ1) is 20.8. The maximum Gasteiger partial charge on any atom is 0.345 e. The lowest BCUT2D eigenvalue weighted by Crippen LogP contribution is -2.48. The first-order chi connectivity index (χ1) is 15.5. The largest absolute Gasteiger partial charge is 0.458 e. The molecule has 1 aromatic carbocycles. The van der Waals surface area contributed by atoms with Crippen LogP contribution >= 0.6 is 0 Å². The Bertz CT molecular complexity index is 1270. The van der Waals surface area contributed by atoms with Crippen LogP contribution in [0.1, 0.15) is 16.7 Å². The highest BCUT2D eigenvalue weighted by atomic mass is 16.7. The van der Waals surface area contributed by atoms with Crippen molar-refractivity contribution in [3.63, 3.8) is 0 Å². The smallest absolute Gasteiger partial charge is 0.345 e. The fourth-order valence-electron chi connectivity index (χ4n) is 4.18. The van der Waals surface area contributed by atoms with Gasteiger partial charge in [0, 0.05) is 23.6 Å². The molecule has 0 radical (unpaired) electrons. The summed E-state index contributed by atoms with van der Waals surface area (Å²) >= 11 is 0. The number of nitrogens with zero attached hydrogens (tertiary/aromatic N) is 2. The van der Waals surface area contributed by atoms with Gasteiger partial charge in [0.25, 0.3) is 5.56 Å². The van der Waals surface area contributed by atoms with Crippen molar-refractivity contribution >= 4 is 16.9 Å². The number of esters is 1. The van der Waals surface area contributed by atoms with E-state index >= 15 is 0 Å². The molecule has 166 valence electrons. The lowest BCUT2D eigenvalue weighted by atomic mass is 9.88. The second-order valence-electron chi connectivity index (χ2n) is 7.81. The van der Waals surface area contributed by atoms with Gasteiger partial charge < -0.3 is 28.6 Å². The molecule has 9 nitrogen and oxygen atoms in total. The number of cyclic esters (lactones) is 1. The molecular weight excluding hydrogens is 416 g/mol. The molecule has 4 heterocycles. The van der Waals surface area contributed by atoms with E-state index in [1.807, 2.05) is 30.3 Å². The number of methoxy groups -OCH3 is 1. The van der Waals surface area contributed by atoms with Crippen LogP contribution < -0.4 is 5.56 Å². The number of aliphatic hydroxyl groups is 1. The van der Waals surface area contributed by atoms with Crippen molar-refractivity contribution in [2.24, 2.45) is 0 Å². The molecule has 0 saturated heterocycles. The van der Waals surface area contributed by atoms with Crippen LogP contribution in [0.25, 0.3) is 22.3 Å². The van der Waals surface area contributed by atoms with Crippen molar-refractivity contribution in [2.45, 2.75) is 18.8 Å². The van der Waals surface area contributed by atoms with Crippen LogP contribution in [-0.4, -0.2) is 54.4 Å². The third kappa shape index (κ3) is 3.30. The summed E-state index contributed by atoms with van der Waals surface area (Å²) in [4.78, 5) is 30.5. The number of pyridine rings is 2. The molecule has 0 amide bonds. The van der Waals surface area contributed by atoms with Crippen LogP contribution in [0.15, 0.2) is 41.2 Å². The fraction of sp³-hybridized carbons (Fsp3) is 0.348. The molecule has 1 atom stereocenters. The van der Waals surface area contributed by atoms with Crippen LogP contribution in [0.4, 0.5) is 0 Å². The summed E-state index contributed by atoms with van der Waals surface area (Å²) in [5.41, 5.74) is 0.904. The SMILES string of the molecule is COCCOCOCC1(O)C(=O)OCc2c1cc1n(c2=O)Cc2cc3ccccc3nc2-1. The Morgan fingerprint density at radius 1 is 1.19 bits per heavy atom. The predicted molar refractivity (Wildman–Crippen MR) is 113 cm³/mol. The van der Waals surface area contributed by atoms with Gasteiger partial charge in [-0.3, -0.25) is 4.79 Å². The summed E-state index contributed by atoms with van der Waals surface area (Å²) in [5, 5.41) is 12.2. The molecule has 9 heteroatoms. The average Bonchev–Trinajstić information content (AvgIpc) is 3.15. The third-order valence-electron chi connectivity index (χ3n) is 5.81. The van der Waals surface area contributed by atoms with Crippen LogP contribution in [0.2, 0.25) is 0 Å². The summed E-state index contributed by atoms with van der Waals surface area (Å²) in [6.45, 7) is 0.307. The summed E-state index contributed by atoms with van der Waals surface area (Å²) < 4.78 is 22.2. The van der Waals surface area contributed by atoms with Gasteiger partial charge in [-0.25, -0.2) is 9.78 Å². The van der Waals surface area contributed by atoms with Crippen molar-refractivity contribution < 1.29 is 28.8 Å². The number of aromatic nitrogens is 2. The molecular formula is C23H22N2O7. The molecule has 3 aromatic rings. The van der Waals surface area contributed by atoms with Crippen molar-refractivity contribution in [3.05, 3.63) is 63.4 Å². The Labute approximate surface area is 183 Å². The van der Waals surface area contributed by atoms with E-state index in [1.54, 1.807) is 17.7 Å². The zero-order chi connectivity index (χ0) is 22.3. The summed E-state index contributed by atoms with van der Waals surface area (Å²) in [5.74, 6) is -0.865. The summed E-state index contributed by atoms with van der Waals surface area (Å²) in [6, 6.07) is 11.4. The lowest BCUT2D eigenvalue weighted by Gasteiger charge is -2.32. The first-order valence-corrected chi connectivity index (χ1v) is 10.2. The number of hydrogen-bond acceptors (Lipinski definition) is 8. The van der Waals surface area contributed by atoms with Gasteiger partial charge in [0.15, 0.2) is 0 Å². The Hall–Kier alpha value is -3.11. The van der Waals surface area contributed by atoms with Crippen molar-refractivity contribution in [3.8, 4) is 11.4 Å². The first-order valence-electron chi connectivity index (χ1n) is 10.2. The van der Waals surface area contributed by atoms with Crippen LogP contribution in [-0.2, 0) is 42.5 Å². The third-order valence-corrected chi connectivity index (χ3v) is 5.81. The van der Waals surface area contributed by atoms with E-state index in [0.717, 1.165) is 16.5 Å². The quantitative estimate of drug-likeness (QED) is 0.261. The van der Waals surface area contributed by atoms with Gasteiger partial charge in [0.05, 0.1) is 48.8 Å². The Morgan fingerprint density at radius 3 is 2.88 bits per heavy atom. The molecule has 1 unspecified atom stereocenters. The maximum absolute atomic E-state index is 13.3. The molecule has 2 aromatic heterocycles. The lowest BCUT2D eigenvalue weighted by molar-refractivity contribution is -0.185. The van der Waals surface area contributed by atoms with Gasteiger partial charge >= 0.3 is 5.97 Å². The highest BCUT2D eigenvalue weighted by molar-refractivity contribution is 5.86. The predicted octanol–water partition coefficient (Wildman–Crippen LogP) is 1.31. The van der Waals surface area contributed by atoms with Crippen LogP contribution in [0.5, 0.6) is 0 Å². The van der Waals surface area contributed by atoms with Gasteiger partial charge in [-0.2, -0.15) is 0 Å². The van der Waals surface area contributed by atoms with Crippen LogP contribution in [0, 0.1) is 0 Å². The van der Waals surface area contributed by atoms with E-state index in [-0.39, 0.29) is 30.1 Å². The summed E-state index contributed by atoms with van der Waals surface area (Å²) in [7, 11) is 1.55. The normalized spacial score (nSPS) is 18.9. The number of ether oxygens (including phenoxy) is 4. The number of carbonyl (C=O) groups is 1. The second kappa shape index (κ2) is 8.10. The van der Waals surface area contributed by atoms with E-state index < -0.39 is 18.2 Å². The van der Waals surface area contributed by atoms with Gasteiger partial charge in [0.1, 0.15) is 13.4 Å². The minimum Gasteiger partial charge on any atom is -0.458 e. The molecule has 5 rings (SSSR count). The molecule has 1 N–H and O–H groups in total. The molecule has 0 saturated carbocycles. The molecule has 0 aliphatic carbocycles. The van der Waals surface area contributed by atoms with E-state index in [1.165, 1.54) is 0 Å². The van der Waals surface area contributed by atoms with Crippen molar-refractivity contribution in [1.82, 2.24) is 9.55 Å². The Morgan fingerprint density at radius 2 is 2.03 bits per heavy atom. The Kier molecular flexibility index (Phi) is 5.26. The highest BCUT2D eigenvalue weighted by Gasteiger charge is 2.47. The van der Waals surface area contributed by atoms with Gasteiger partial charge in [0.2, 0.25) is 5.60 Å². The summed E-state index contributed by atoms with van der Waals surface area (Å²) in [6.07, 6.45) is 0. The second-order valence-corrected chi connectivity index (χ2v) is 7.81. The van der Waals surface area contributed by atoms with Crippen LogP contribution in [0.3, 0.4) is 0 Å². The average molecular weight is 438 g/mol. The minimum absolute atomic E-state index is 0.144. The Balaban J connectivity index is 1.53. The fourth-order valence-corrected chi connectivity index (χ4v) is 4.18. The standard InChI is InChI=1S/C23H22N2O7/c1-29-6-7-30-13-31-12-23(28)17-9-19-20-15(8-14-4-2-3-5-18(14)24-20)10-25(19)21(26)16(17)11-32-22(23)27/h2-5,8-9,28H,6-7,10-13H2,1H3. The zero-order valence-electron chi connectivity index (χ0n) is 17.5. The molecule has 0 fully saturated rings. The highest BCUT2D eigenvalue weighted by Crippen LogP contribution is 2.37. The van der Waals surface area contributed by atoms with E-state index in [2.05, 4.69) is 0 Å².